The number of amides is 1. The zero-order valence-electron chi connectivity index (χ0n) is 18.0. The highest BCUT2D eigenvalue weighted by Gasteiger charge is 2.38. The molecule has 2 aliphatic heterocycles. The lowest BCUT2D eigenvalue weighted by Gasteiger charge is -2.26. The molecule has 4 rings (SSSR count). The Labute approximate surface area is 201 Å². The van der Waals surface area contributed by atoms with E-state index in [1.165, 1.54) is 0 Å². The third-order valence-corrected chi connectivity index (χ3v) is 6.19. The Morgan fingerprint density at radius 2 is 1.69 bits per heavy atom. The average molecular weight is 520 g/mol. The van der Waals surface area contributed by atoms with Crippen molar-refractivity contribution < 1.29 is 31.1 Å². The fraction of sp³-hybridized carbons (Fsp3) is 0.318. The Bertz CT molecular complexity index is 1130. The summed E-state index contributed by atoms with van der Waals surface area (Å²) in [5.41, 5.74) is 8.73. The second-order valence-corrected chi connectivity index (χ2v) is 8.58. The average Bonchev–Trinajstić information content (AvgIpc) is 3.40. The van der Waals surface area contributed by atoms with Gasteiger partial charge in [-0.15, -0.1) is 5.53 Å². The van der Waals surface area contributed by atoms with Gasteiger partial charge in [0.25, 0.3) is 5.91 Å². The van der Waals surface area contributed by atoms with E-state index in [1.807, 2.05) is 6.07 Å². The molecule has 1 saturated heterocycles. The fourth-order valence-corrected chi connectivity index (χ4v) is 4.45. The molecule has 1 amide bonds. The minimum absolute atomic E-state index is 0.0511. The summed E-state index contributed by atoms with van der Waals surface area (Å²) in [6.07, 6.45) is -8.56. The van der Waals surface area contributed by atoms with Crippen molar-refractivity contribution in [3.05, 3.63) is 81.3 Å². The van der Waals surface area contributed by atoms with Gasteiger partial charge in [0.05, 0.1) is 23.7 Å². The van der Waals surface area contributed by atoms with Crippen molar-refractivity contribution in [2.75, 3.05) is 6.54 Å². The SMILES string of the molecule is NC1=C(C(=O)N2CCC[C@@H]2c2ccccc2Cl)NNN1Cc1cc(C(F)(F)F)cc(C(F)(F)F)c1. The first kappa shape index (κ1) is 25.0. The number of carbonyl (C=O) groups excluding carboxylic acids is 1. The molecule has 0 saturated carbocycles. The number of alkyl halides is 6. The van der Waals surface area contributed by atoms with E-state index in [2.05, 4.69) is 11.0 Å². The predicted molar refractivity (Wildman–Crippen MR) is 115 cm³/mol. The molecule has 0 unspecified atom stereocenters. The number of likely N-dealkylation sites (tertiary alicyclic amines) is 1. The van der Waals surface area contributed by atoms with E-state index in [9.17, 15) is 31.1 Å². The number of nitrogens with zero attached hydrogens (tertiary/aromatic N) is 2. The summed E-state index contributed by atoms with van der Waals surface area (Å²) in [6.45, 7) is -0.0354. The molecule has 2 aliphatic rings. The van der Waals surface area contributed by atoms with Crippen LogP contribution in [0.15, 0.2) is 54.0 Å². The van der Waals surface area contributed by atoms with Crippen LogP contribution in [0.5, 0.6) is 0 Å². The smallest absolute Gasteiger partial charge is 0.382 e. The van der Waals surface area contributed by atoms with Crippen molar-refractivity contribution in [1.29, 1.82) is 0 Å². The molecular weight excluding hydrogens is 500 g/mol. The summed E-state index contributed by atoms with van der Waals surface area (Å²) < 4.78 is 79.0. The molecule has 35 heavy (non-hydrogen) atoms. The molecule has 0 aromatic heterocycles. The van der Waals surface area contributed by atoms with Crippen LogP contribution in [0, 0.1) is 0 Å². The van der Waals surface area contributed by atoms with Gasteiger partial charge in [0.2, 0.25) is 0 Å². The van der Waals surface area contributed by atoms with Crippen LogP contribution in [-0.2, 0) is 23.7 Å². The quantitative estimate of drug-likeness (QED) is 0.511. The Balaban J connectivity index is 1.58. The van der Waals surface area contributed by atoms with Gasteiger partial charge in [-0.2, -0.15) is 26.3 Å². The van der Waals surface area contributed by atoms with Crippen molar-refractivity contribution in [3.8, 4) is 0 Å². The third-order valence-electron chi connectivity index (χ3n) is 5.84. The normalized spacial score (nSPS) is 18.9. The molecule has 188 valence electrons. The Kier molecular flexibility index (Phi) is 6.54. The minimum Gasteiger partial charge on any atom is -0.382 e. The van der Waals surface area contributed by atoms with Gasteiger partial charge >= 0.3 is 12.4 Å². The van der Waals surface area contributed by atoms with Crippen molar-refractivity contribution in [3.63, 3.8) is 0 Å². The molecule has 0 bridgehead atoms. The highest BCUT2D eigenvalue weighted by atomic mass is 35.5. The van der Waals surface area contributed by atoms with E-state index >= 15 is 0 Å². The maximum atomic E-state index is 13.2. The first-order valence-electron chi connectivity index (χ1n) is 10.5. The number of carbonyl (C=O) groups is 1. The monoisotopic (exact) mass is 519 g/mol. The number of halogens is 7. The lowest BCUT2D eigenvalue weighted by Crippen LogP contribution is -2.40. The van der Waals surface area contributed by atoms with E-state index < -0.39 is 35.9 Å². The van der Waals surface area contributed by atoms with Crippen LogP contribution in [0.1, 0.15) is 41.1 Å². The first-order chi connectivity index (χ1) is 16.4. The van der Waals surface area contributed by atoms with Gasteiger partial charge in [0, 0.05) is 11.6 Å². The lowest BCUT2D eigenvalue weighted by atomic mass is 10.0. The standard InChI is InChI=1S/C22H20ClF6N5O/c23-16-5-2-1-4-15(16)17-6-3-7-33(17)20(35)18-19(30)34(32-31-18)11-12-8-13(21(24,25)26)10-14(9-12)22(27,28)29/h1-2,4-5,8-10,17,31-32H,3,6-7,11,30H2/t17-/m1/s1. The number of hydrazine groups is 2. The van der Waals surface area contributed by atoms with Crippen LogP contribution in [0.25, 0.3) is 0 Å². The number of rotatable bonds is 4. The van der Waals surface area contributed by atoms with Gasteiger partial charge in [-0.3, -0.25) is 15.2 Å². The van der Waals surface area contributed by atoms with Crippen LogP contribution >= 0.6 is 11.6 Å². The molecule has 0 spiro atoms. The molecule has 13 heteroatoms. The number of nitrogens with one attached hydrogen (secondary N) is 2. The Hall–Kier alpha value is -3.12. The fourth-order valence-electron chi connectivity index (χ4n) is 4.19. The molecule has 1 atom stereocenters. The summed E-state index contributed by atoms with van der Waals surface area (Å²) in [6, 6.07) is 8.07. The van der Waals surface area contributed by atoms with E-state index in [0.717, 1.165) is 17.0 Å². The summed E-state index contributed by atoms with van der Waals surface area (Å²) in [7, 11) is 0. The molecule has 0 radical (unpaired) electrons. The van der Waals surface area contributed by atoms with Crippen molar-refractivity contribution in [2.24, 2.45) is 5.73 Å². The second-order valence-electron chi connectivity index (χ2n) is 8.18. The molecule has 6 nitrogen and oxygen atoms in total. The third kappa shape index (κ3) is 5.13. The number of hydrogen-bond donors (Lipinski definition) is 3. The number of benzene rings is 2. The van der Waals surface area contributed by atoms with Gasteiger partial charge in [-0.1, -0.05) is 29.8 Å². The van der Waals surface area contributed by atoms with E-state index in [1.54, 1.807) is 23.1 Å². The van der Waals surface area contributed by atoms with Gasteiger partial charge in [-0.05, 0) is 48.2 Å². The van der Waals surface area contributed by atoms with Gasteiger partial charge < -0.3 is 10.6 Å². The van der Waals surface area contributed by atoms with Crippen LogP contribution in [0.3, 0.4) is 0 Å². The van der Waals surface area contributed by atoms with Crippen molar-refractivity contribution in [1.82, 2.24) is 20.9 Å². The van der Waals surface area contributed by atoms with Crippen LogP contribution < -0.4 is 16.7 Å². The molecule has 2 aromatic carbocycles. The Morgan fingerprint density at radius 1 is 1.06 bits per heavy atom. The Morgan fingerprint density at radius 3 is 2.29 bits per heavy atom. The highest BCUT2D eigenvalue weighted by Crippen LogP contribution is 2.38. The largest absolute Gasteiger partial charge is 0.416 e. The number of nitrogens with two attached hydrogens (primary N) is 1. The maximum Gasteiger partial charge on any atom is 0.416 e. The summed E-state index contributed by atoms with van der Waals surface area (Å²) >= 11 is 6.29. The molecular formula is C22H20ClF6N5O. The molecule has 4 N–H and O–H groups in total. The second kappa shape index (κ2) is 9.15. The number of hydrogen-bond acceptors (Lipinski definition) is 5. The molecule has 0 aliphatic carbocycles. The van der Waals surface area contributed by atoms with E-state index in [-0.39, 0.29) is 29.2 Å². The first-order valence-corrected chi connectivity index (χ1v) is 10.9. The lowest BCUT2D eigenvalue weighted by molar-refractivity contribution is -0.143. The van der Waals surface area contributed by atoms with E-state index in [0.29, 0.717) is 30.1 Å². The van der Waals surface area contributed by atoms with Crippen molar-refractivity contribution in [2.45, 2.75) is 37.8 Å². The van der Waals surface area contributed by atoms with E-state index in [4.69, 9.17) is 17.3 Å². The summed E-state index contributed by atoms with van der Waals surface area (Å²) in [4.78, 5) is 14.8. The molecule has 2 heterocycles. The maximum absolute atomic E-state index is 13.2. The topological polar surface area (TPSA) is 73.6 Å². The zero-order chi connectivity index (χ0) is 25.5. The molecule has 1 fully saturated rings. The van der Waals surface area contributed by atoms with Crippen molar-refractivity contribution >= 4 is 17.5 Å². The van der Waals surface area contributed by atoms with Gasteiger partial charge in [0.15, 0.2) is 5.70 Å². The van der Waals surface area contributed by atoms with Gasteiger partial charge in [-0.25, -0.2) is 0 Å². The van der Waals surface area contributed by atoms with Crippen LogP contribution in [0.4, 0.5) is 26.3 Å². The molecule has 2 aromatic rings. The summed E-state index contributed by atoms with van der Waals surface area (Å²) in [5, 5.41) is 1.58. The summed E-state index contributed by atoms with van der Waals surface area (Å²) in [5.74, 6) is -0.634. The predicted octanol–water partition coefficient (Wildman–Crippen LogP) is 4.69. The minimum atomic E-state index is -4.97. The van der Waals surface area contributed by atoms with Crippen LogP contribution in [0.2, 0.25) is 5.02 Å². The highest BCUT2D eigenvalue weighted by molar-refractivity contribution is 6.31. The van der Waals surface area contributed by atoms with Gasteiger partial charge in [0.1, 0.15) is 5.82 Å². The zero-order valence-corrected chi connectivity index (χ0v) is 18.7. The van der Waals surface area contributed by atoms with Crippen LogP contribution in [-0.4, -0.2) is 22.4 Å².